The van der Waals surface area contributed by atoms with Gasteiger partial charge in [0.25, 0.3) is 6.71 Å². The molecule has 0 saturated heterocycles. The number of hydrogen-bond donors (Lipinski definition) is 0. The van der Waals surface area contributed by atoms with E-state index in [4.69, 9.17) is 4.42 Å². The molecular weight excluding hydrogens is 580 g/mol. The Labute approximate surface area is 270 Å². The Morgan fingerprint density at radius 2 is 1.17 bits per heavy atom. The third-order valence-corrected chi connectivity index (χ3v) is 10.4. The van der Waals surface area contributed by atoms with E-state index in [2.05, 4.69) is 179 Å². The second-order valence-corrected chi connectivity index (χ2v) is 13.9. The van der Waals surface area contributed by atoms with E-state index in [-0.39, 0.29) is 6.71 Å². The number of benzene rings is 6. The maximum Gasteiger partial charge on any atom is 0.297 e. The molecule has 1 unspecified atom stereocenters. The highest BCUT2D eigenvalue weighted by Gasteiger charge is 2.46. The summed E-state index contributed by atoms with van der Waals surface area (Å²) in [6.45, 7) is 2.18. The molecule has 220 valence electrons. The standard InChI is InChI=1S/C40H31BN3OP/c1-46(2)44(30-20-10-5-11-21-30)31-26-35-38-36(27-31)43(29-18-8-4-9-19-29)39-32-22-12-15-25-37(32)45-40(39)41(38)33-23-13-14-24-34(33)42(35)28-16-6-3-7-17-28/h3-27,46H,1H2,2H3. The fourth-order valence-electron chi connectivity index (χ4n) is 7.36. The Morgan fingerprint density at radius 1 is 0.609 bits per heavy atom. The monoisotopic (exact) mass is 611 g/mol. The number of nitrogens with zero attached hydrogens (tertiary/aromatic N) is 3. The zero-order valence-electron chi connectivity index (χ0n) is 25.5. The van der Waals surface area contributed by atoms with Crippen molar-refractivity contribution in [1.82, 2.24) is 0 Å². The molecule has 0 bridgehead atoms. The molecule has 0 N–H and O–H groups in total. The number of furan rings is 1. The van der Waals surface area contributed by atoms with Crippen molar-refractivity contribution in [2.24, 2.45) is 0 Å². The van der Waals surface area contributed by atoms with Crippen molar-refractivity contribution < 1.29 is 4.42 Å². The van der Waals surface area contributed by atoms with Crippen LogP contribution >= 0.6 is 7.70 Å². The van der Waals surface area contributed by atoms with Gasteiger partial charge in [-0.1, -0.05) is 91.2 Å². The molecule has 2 aliphatic heterocycles. The summed E-state index contributed by atoms with van der Waals surface area (Å²) in [7, 11) is -1.20. The van der Waals surface area contributed by atoms with Crippen molar-refractivity contribution in [3.8, 4) is 0 Å². The SMILES string of the molecule is C=[PH](C)N(c1ccccc1)c1cc2c3c(c1)N(c1ccccc1)c1c(oc4ccccc14)B3c1ccccc1N2c1ccccc1. The van der Waals surface area contributed by atoms with Gasteiger partial charge < -0.3 is 18.9 Å². The lowest BCUT2D eigenvalue weighted by Crippen LogP contribution is -2.61. The smallest absolute Gasteiger partial charge is 0.297 e. The molecule has 7 aromatic rings. The first-order valence-corrected chi connectivity index (χ1v) is 17.8. The fourth-order valence-corrected chi connectivity index (χ4v) is 8.52. The zero-order chi connectivity index (χ0) is 30.8. The van der Waals surface area contributed by atoms with E-state index < -0.39 is 7.70 Å². The quantitative estimate of drug-likeness (QED) is 0.143. The van der Waals surface area contributed by atoms with Crippen molar-refractivity contribution in [2.75, 3.05) is 21.1 Å². The van der Waals surface area contributed by atoms with Gasteiger partial charge in [-0.05, 0) is 92.0 Å². The van der Waals surface area contributed by atoms with E-state index in [1.807, 2.05) is 0 Å². The Balaban J connectivity index is 1.44. The summed E-state index contributed by atoms with van der Waals surface area (Å²) in [5.41, 5.74) is 13.4. The van der Waals surface area contributed by atoms with Gasteiger partial charge >= 0.3 is 0 Å². The first kappa shape index (κ1) is 27.0. The van der Waals surface area contributed by atoms with E-state index in [0.29, 0.717) is 0 Å². The van der Waals surface area contributed by atoms with Gasteiger partial charge in [0.2, 0.25) is 0 Å². The van der Waals surface area contributed by atoms with Crippen LogP contribution in [-0.4, -0.2) is 19.7 Å². The molecule has 1 aromatic heterocycles. The molecule has 4 nitrogen and oxygen atoms in total. The van der Waals surface area contributed by atoms with Gasteiger partial charge in [-0.15, -0.1) is 0 Å². The van der Waals surface area contributed by atoms with Gasteiger partial charge in [0.15, 0.2) is 0 Å². The lowest BCUT2D eigenvalue weighted by Gasteiger charge is -2.43. The van der Waals surface area contributed by atoms with Crippen LogP contribution in [0.4, 0.5) is 45.5 Å². The molecule has 0 radical (unpaired) electrons. The normalized spacial score (nSPS) is 13.6. The number of anilines is 8. The van der Waals surface area contributed by atoms with Crippen LogP contribution in [0, 0.1) is 0 Å². The Bertz CT molecular complexity index is 2270. The second-order valence-electron chi connectivity index (χ2n) is 11.9. The third kappa shape index (κ3) is 4.02. The van der Waals surface area contributed by atoms with Crippen LogP contribution in [0.5, 0.6) is 0 Å². The first-order valence-electron chi connectivity index (χ1n) is 15.7. The van der Waals surface area contributed by atoms with Gasteiger partial charge in [-0.2, -0.15) is 0 Å². The van der Waals surface area contributed by atoms with Crippen molar-refractivity contribution in [1.29, 1.82) is 0 Å². The number of para-hydroxylation sites is 5. The highest BCUT2D eigenvalue weighted by Crippen LogP contribution is 2.50. The van der Waals surface area contributed by atoms with Gasteiger partial charge in [-0.3, -0.25) is 0 Å². The molecule has 6 aromatic carbocycles. The summed E-state index contributed by atoms with van der Waals surface area (Å²) in [5.74, 6) is 0. The fraction of sp³-hybridized carbons (Fsp3) is 0.0250. The lowest BCUT2D eigenvalue weighted by molar-refractivity contribution is 0.651. The molecule has 0 saturated carbocycles. The third-order valence-electron chi connectivity index (χ3n) is 9.14. The lowest BCUT2D eigenvalue weighted by atomic mass is 9.35. The number of rotatable bonds is 5. The topological polar surface area (TPSA) is 22.9 Å². The van der Waals surface area contributed by atoms with Crippen LogP contribution in [0.15, 0.2) is 156 Å². The van der Waals surface area contributed by atoms with Gasteiger partial charge in [-0.25, -0.2) is 0 Å². The van der Waals surface area contributed by atoms with Crippen LogP contribution in [0.2, 0.25) is 0 Å². The summed E-state index contributed by atoms with van der Waals surface area (Å²) in [4.78, 5) is 4.85. The van der Waals surface area contributed by atoms with Gasteiger partial charge in [0, 0.05) is 45.2 Å². The van der Waals surface area contributed by atoms with E-state index >= 15 is 0 Å². The van der Waals surface area contributed by atoms with Crippen molar-refractivity contribution in [2.45, 2.75) is 0 Å². The Hall–Kier alpha value is -5.38. The van der Waals surface area contributed by atoms with Gasteiger partial charge in [0.1, 0.15) is 5.58 Å². The Kier molecular flexibility index (Phi) is 6.23. The van der Waals surface area contributed by atoms with E-state index in [1.54, 1.807) is 0 Å². The largest absolute Gasteiger partial charge is 0.468 e. The maximum atomic E-state index is 6.90. The highest BCUT2D eigenvalue weighted by molar-refractivity contribution is 7.57. The van der Waals surface area contributed by atoms with E-state index in [9.17, 15) is 0 Å². The van der Waals surface area contributed by atoms with Crippen LogP contribution in [0.3, 0.4) is 0 Å². The minimum atomic E-state index is -1.20. The molecule has 2 aliphatic rings. The van der Waals surface area contributed by atoms with E-state index in [1.165, 1.54) is 10.9 Å². The molecule has 0 fully saturated rings. The summed E-state index contributed by atoms with van der Waals surface area (Å²) < 4.78 is 9.34. The molecule has 0 aliphatic carbocycles. The molecule has 6 heteroatoms. The van der Waals surface area contributed by atoms with Crippen LogP contribution in [0.1, 0.15) is 0 Å². The predicted octanol–water partition coefficient (Wildman–Crippen LogP) is 8.84. The molecular formula is C40H31BN3OP. The van der Waals surface area contributed by atoms with Crippen molar-refractivity contribution >= 4 is 93.8 Å². The molecule has 0 amide bonds. The summed E-state index contributed by atoms with van der Waals surface area (Å²) >= 11 is 0. The highest BCUT2D eigenvalue weighted by atomic mass is 31.1. The molecule has 9 rings (SSSR count). The molecule has 1 atom stereocenters. The van der Waals surface area contributed by atoms with E-state index in [0.717, 1.165) is 62.1 Å². The first-order chi connectivity index (χ1) is 22.7. The minimum Gasteiger partial charge on any atom is -0.468 e. The molecule has 46 heavy (non-hydrogen) atoms. The number of fused-ring (bicyclic) bond motifs is 6. The second kappa shape index (κ2) is 10.6. The van der Waals surface area contributed by atoms with Crippen LogP contribution in [-0.2, 0) is 0 Å². The van der Waals surface area contributed by atoms with Crippen molar-refractivity contribution in [3.63, 3.8) is 0 Å². The van der Waals surface area contributed by atoms with Crippen LogP contribution < -0.4 is 31.1 Å². The Morgan fingerprint density at radius 3 is 1.87 bits per heavy atom. The number of hydrogen-bond acceptors (Lipinski definition) is 4. The minimum absolute atomic E-state index is 0.0751. The average Bonchev–Trinajstić information content (AvgIpc) is 3.48. The summed E-state index contributed by atoms with van der Waals surface area (Å²) in [5, 5.41) is 1.11. The van der Waals surface area contributed by atoms with Crippen LogP contribution in [0.25, 0.3) is 11.0 Å². The summed E-state index contributed by atoms with van der Waals surface area (Å²) in [6, 6.07) is 54.1. The molecule has 0 spiro atoms. The predicted molar refractivity (Wildman–Crippen MR) is 200 cm³/mol. The molecule has 3 heterocycles. The van der Waals surface area contributed by atoms with Crippen molar-refractivity contribution in [3.05, 3.63) is 152 Å². The maximum absolute atomic E-state index is 6.90. The average molecular weight is 611 g/mol. The zero-order valence-corrected chi connectivity index (χ0v) is 26.5. The summed E-state index contributed by atoms with van der Waals surface area (Å²) in [6.07, 6.45) is 4.63. The van der Waals surface area contributed by atoms with Gasteiger partial charge in [0.05, 0.1) is 11.3 Å².